The minimum Gasteiger partial charge on any atom is -0.493 e. The van der Waals surface area contributed by atoms with Gasteiger partial charge >= 0.3 is 5.97 Å². The molecule has 0 saturated heterocycles. The Bertz CT molecular complexity index is 697. The summed E-state index contributed by atoms with van der Waals surface area (Å²) in [4.78, 5) is 11.9. The van der Waals surface area contributed by atoms with Gasteiger partial charge in [-0.2, -0.15) is 0 Å². The van der Waals surface area contributed by atoms with Gasteiger partial charge in [0, 0.05) is 0 Å². The standard InChI is InChI=1S/C18H17FO4/c1-3-9-22-18(20)14-7-8-16(21-2)17(11-14)23-12-13-5-4-6-15(19)10-13/h3-8,10-11H,1,9,12H2,2H3. The van der Waals surface area contributed by atoms with Crippen LogP contribution >= 0.6 is 0 Å². The Kier molecular flexibility index (Phi) is 5.74. The topological polar surface area (TPSA) is 44.8 Å². The van der Waals surface area contributed by atoms with Crippen molar-refractivity contribution in [2.75, 3.05) is 13.7 Å². The number of ether oxygens (including phenoxy) is 3. The van der Waals surface area contributed by atoms with E-state index in [2.05, 4.69) is 6.58 Å². The Morgan fingerprint density at radius 2 is 2.04 bits per heavy atom. The van der Waals surface area contributed by atoms with Crippen molar-refractivity contribution >= 4 is 5.97 Å². The fourth-order valence-corrected chi connectivity index (χ4v) is 1.92. The lowest BCUT2D eigenvalue weighted by Crippen LogP contribution is -2.06. The molecule has 5 heteroatoms. The summed E-state index contributed by atoms with van der Waals surface area (Å²) >= 11 is 0. The van der Waals surface area contributed by atoms with Crippen molar-refractivity contribution in [3.63, 3.8) is 0 Å². The molecule has 0 bridgehead atoms. The number of methoxy groups -OCH3 is 1. The van der Waals surface area contributed by atoms with Crippen LogP contribution in [0.2, 0.25) is 0 Å². The smallest absolute Gasteiger partial charge is 0.338 e. The molecule has 4 nitrogen and oxygen atoms in total. The second-order valence-electron chi connectivity index (χ2n) is 4.67. The molecule has 0 amide bonds. The van der Waals surface area contributed by atoms with Crippen molar-refractivity contribution in [1.29, 1.82) is 0 Å². The molecular weight excluding hydrogens is 299 g/mol. The van der Waals surface area contributed by atoms with E-state index in [-0.39, 0.29) is 19.0 Å². The number of benzene rings is 2. The molecule has 2 aromatic carbocycles. The molecule has 2 aromatic rings. The van der Waals surface area contributed by atoms with Crippen LogP contribution in [0.5, 0.6) is 11.5 Å². The maximum absolute atomic E-state index is 13.2. The molecule has 0 heterocycles. The molecule has 0 fully saturated rings. The summed E-state index contributed by atoms with van der Waals surface area (Å²) in [5.41, 5.74) is 1.01. The summed E-state index contributed by atoms with van der Waals surface area (Å²) in [6.45, 7) is 3.77. The fraction of sp³-hybridized carbons (Fsp3) is 0.167. The lowest BCUT2D eigenvalue weighted by molar-refractivity contribution is 0.0549. The highest BCUT2D eigenvalue weighted by Gasteiger charge is 2.12. The minimum atomic E-state index is -0.483. The average molecular weight is 316 g/mol. The number of carbonyl (C=O) groups is 1. The predicted molar refractivity (Wildman–Crippen MR) is 84.2 cm³/mol. The van der Waals surface area contributed by atoms with E-state index < -0.39 is 5.97 Å². The first kappa shape index (κ1) is 16.5. The van der Waals surface area contributed by atoms with Crippen molar-refractivity contribution in [3.05, 3.63) is 72.1 Å². The van der Waals surface area contributed by atoms with Crippen LogP contribution < -0.4 is 9.47 Å². The Balaban J connectivity index is 2.15. The lowest BCUT2D eigenvalue weighted by Gasteiger charge is -2.12. The Morgan fingerprint density at radius 1 is 1.22 bits per heavy atom. The highest BCUT2D eigenvalue weighted by molar-refractivity contribution is 5.90. The van der Waals surface area contributed by atoms with Crippen molar-refractivity contribution in [2.45, 2.75) is 6.61 Å². The van der Waals surface area contributed by atoms with Crippen LogP contribution in [-0.2, 0) is 11.3 Å². The first-order chi connectivity index (χ1) is 11.1. The predicted octanol–water partition coefficient (Wildman–Crippen LogP) is 3.76. The van der Waals surface area contributed by atoms with Gasteiger partial charge < -0.3 is 14.2 Å². The Labute approximate surface area is 134 Å². The van der Waals surface area contributed by atoms with Crippen LogP contribution in [0.4, 0.5) is 4.39 Å². The van der Waals surface area contributed by atoms with Gasteiger partial charge in [0.2, 0.25) is 0 Å². The zero-order valence-electron chi connectivity index (χ0n) is 12.8. The number of hydrogen-bond acceptors (Lipinski definition) is 4. The highest BCUT2D eigenvalue weighted by Crippen LogP contribution is 2.29. The summed E-state index contributed by atoms with van der Waals surface area (Å²) in [5.74, 6) is 0.0365. The Morgan fingerprint density at radius 3 is 2.74 bits per heavy atom. The highest BCUT2D eigenvalue weighted by atomic mass is 19.1. The second kappa shape index (κ2) is 7.98. The van der Waals surface area contributed by atoms with E-state index in [1.54, 1.807) is 24.3 Å². The Hall–Kier alpha value is -2.82. The summed E-state index contributed by atoms with van der Waals surface area (Å²) in [7, 11) is 1.50. The first-order valence-electron chi connectivity index (χ1n) is 6.97. The summed E-state index contributed by atoms with van der Waals surface area (Å²) in [6, 6.07) is 10.8. The number of esters is 1. The summed E-state index contributed by atoms with van der Waals surface area (Å²) < 4.78 is 29.0. The molecule has 0 aromatic heterocycles. The molecule has 0 unspecified atom stereocenters. The summed E-state index contributed by atoms with van der Waals surface area (Å²) in [6.07, 6.45) is 1.49. The third-order valence-corrected chi connectivity index (χ3v) is 3.01. The SMILES string of the molecule is C=CCOC(=O)c1ccc(OC)c(OCc2cccc(F)c2)c1. The maximum atomic E-state index is 13.2. The van der Waals surface area contributed by atoms with Gasteiger partial charge in [0.05, 0.1) is 12.7 Å². The molecule has 0 spiro atoms. The van der Waals surface area contributed by atoms with Gasteiger partial charge in [0.25, 0.3) is 0 Å². The lowest BCUT2D eigenvalue weighted by atomic mass is 10.2. The van der Waals surface area contributed by atoms with Crippen LogP contribution in [0.1, 0.15) is 15.9 Å². The molecular formula is C18H17FO4. The van der Waals surface area contributed by atoms with Crippen LogP contribution in [-0.4, -0.2) is 19.7 Å². The van der Waals surface area contributed by atoms with E-state index in [1.165, 1.54) is 31.4 Å². The second-order valence-corrected chi connectivity index (χ2v) is 4.67. The third-order valence-electron chi connectivity index (χ3n) is 3.01. The quantitative estimate of drug-likeness (QED) is 0.576. The zero-order chi connectivity index (χ0) is 16.7. The monoisotopic (exact) mass is 316 g/mol. The molecule has 120 valence electrons. The van der Waals surface area contributed by atoms with Crippen molar-refractivity contribution in [1.82, 2.24) is 0 Å². The maximum Gasteiger partial charge on any atom is 0.338 e. The van der Waals surface area contributed by atoms with Gasteiger partial charge in [-0.05, 0) is 35.9 Å². The molecule has 0 aliphatic rings. The molecule has 2 rings (SSSR count). The van der Waals surface area contributed by atoms with Crippen molar-refractivity contribution < 1.29 is 23.4 Å². The van der Waals surface area contributed by atoms with Crippen LogP contribution in [0, 0.1) is 5.82 Å². The largest absolute Gasteiger partial charge is 0.493 e. The zero-order valence-corrected chi connectivity index (χ0v) is 12.8. The normalized spacial score (nSPS) is 10.0. The van der Waals surface area contributed by atoms with Crippen LogP contribution in [0.15, 0.2) is 55.1 Å². The van der Waals surface area contributed by atoms with E-state index in [9.17, 15) is 9.18 Å². The van der Waals surface area contributed by atoms with Crippen molar-refractivity contribution in [3.8, 4) is 11.5 Å². The summed E-state index contributed by atoms with van der Waals surface area (Å²) in [5, 5.41) is 0. The van der Waals surface area contributed by atoms with Gasteiger partial charge in [-0.15, -0.1) is 0 Å². The number of rotatable bonds is 7. The van der Waals surface area contributed by atoms with E-state index in [0.717, 1.165) is 0 Å². The van der Waals surface area contributed by atoms with E-state index in [1.807, 2.05) is 0 Å². The first-order valence-corrected chi connectivity index (χ1v) is 6.97. The molecule has 0 radical (unpaired) electrons. The van der Waals surface area contributed by atoms with Gasteiger partial charge in [-0.25, -0.2) is 9.18 Å². The van der Waals surface area contributed by atoms with Crippen LogP contribution in [0.25, 0.3) is 0 Å². The number of halogens is 1. The fourth-order valence-electron chi connectivity index (χ4n) is 1.92. The van der Waals surface area contributed by atoms with Crippen LogP contribution in [0.3, 0.4) is 0 Å². The van der Waals surface area contributed by atoms with Gasteiger partial charge in [-0.3, -0.25) is 0 Å². The molecule has 0 N–H and O–H groups in total. The molecule has 0 atom stereocenters. The molecule has 0 aliphatic heterocycles. The number of carbonyl (C=O) groups excluding carboxylic acids is 1. The van der Waals surface area contributed by atoms with Crippen molar-refractivity contribution in [2.24, 2.45) is 0 Å². The van der Waals surface area contributed by atoms with Gasteiger partial charge in [-0.1, -0.05) is 24.8 Å². The van der Waals surface area contributed by atoms with E-state index >= 15 is 0 Å². The van der Waals surface area contributed by atoms with Gasteiger partial charge in [0.1, 0.15) is 19.0 Å². The third kappa shape index (κ3) is 4.57. The average Bonchev–Trinajstić information content (AvgIpc) is 2.57. The van der Waals surface area contributed by atoms with Gasteiger partial charge in [0.15, 0.2) is 11.5 Å². The van der Waals surface area contributed by atoms with E-state index in [0.29, 0.717) is 22.6 Å². The van der Waals surface area contributed by atoms with E-state index in [4.69, 9.17) is 14.2 Å². The number of hydrogen-bond donors (Lipinski definition) is 0. The molecule has 0 aliphatic carbocycles. The molecule has 23 heavy (non-hydrogen) atoms. The minimum absolute atomic E-state index is 0.129. The molecule has 0 saturated carbocycles.